The Morgan fingerprint density at radius 2 is 2.15 bits per heavy atom. The molecule has 1 fully saturated rings. The molecule has 0 saturated heterocycles. The summed E-state index contributed by atoms with van der Waals surface area (Å²) in [5.74, 6) is 0.699. The summed E-state index contributed by atoms with van der Waals surface area (Å²) < 4.78 is 28.0. The smallest absolute Gasteiger partial charge is 0.244 e. The fraction of sp³-hybridized carbons (Fsp3) is 0.769. The van der Waals surface area contributed by atoms with Crippen LogP contribution < -0.4 is 10.0 Å². The van der Waals surface area contributed by atoms with E-state index in [1.165, 1.54) is 12.8 Å². The highest BCUT2D eigenvalue weighted by molar-refractivity contribution is 7.89. The van der Waals surface area contributed by atoms with Crippen molar-refractivity contribution in [3.05, 3.63) is 11.4 Å². The van der Waals surface area contributed by atoms with E-state index < -0.39 is 10.0 Å². The van der Waals surface area contributed by atoms with Crippen molar-refractivity contribution in [2.45, 2.75) is 57.0 Å². The Hall–Kier alpha value is -0.920. The summed E-state index contributed by atoms with van der Waals surface area (Å²) >= 11 is 0. The van der Waals surface area contributed by atoms with Crippen LogP contribution in [0.2, 0.25) is 0 Å². The van der Waals surface area contributed by atoms with Gasteiger partial charge >= 0.3 is 0 Å². The molecule has 0 aliphatic heterocycles. The first kappa shape index (κ1) is 15.5. The fourth-order valence-corrected chi connectivity index (χ4v) is 4.14. The van der Waals surface area contributed by atoms with Crippen LogP contribution in [-0.2, 0) is 16.6 Å². The highest BCUT2D eigenvalue weighted by atomic mass is 32.2. The zero-order chi connectivity index (χ0) is 14.8. The number of rotatable bonds is 8. The predicted molar refractivity (Wildman–Crippen MR) is 77.8 cm³/mol. The van der Waals surface area contributed by atoms with Gasteiger partial charge in [-0.1, -0.05) is 19.8 Å². The summed E-state index contributed by atoms with van der Waals surface area (Å²) in [5, 5.41) is 9.78. The van der Waals surface area contributed by atoms with Gasteiger partial charge in [0.25, 0.3) is 0 Å². The monoisotopic (exact) mass is 300 g/mol. The van der Waals surface area contributed by atoms with Gasteiger partial charge in [0.1, 0.15) is 4.90 Å². The van der Waals surface area contributed by atoms with Crippen LogP contribution in [0.3, 0.4) is 0 Å². The van der Waals surface area contributed by atoms with Crippen molar-refractivity contribution in [2.75, 3.05) is 7.05 Å². The molecule has 1 aromatic heterocycles. The number of nitrogens with zero attached hydrogens (tertiary/aromatic N) is 1. The molecule has 1 atom stereocenters. The average Bonchev–Trinajstić information content (AvgIpc) is 3.11. The number of aromatic nitrogens is 2. The van der Waals surface area contributed by atoms with Crippen molar-refractivity contribution in [3.63, 3.8) is 0 Å². The molecule has 7 heteroatoms. The minimum atomic E-state index is -3.51. The molecule has 1 aromatic rings. The van der Waals surface area contributed by atoms with Crippen molar-refractivity contribution in [2.24, 2.45) is 5.92 Å². The minimum absolute atomic E-state index is 0.0178. The summed E-state index contributed by atoms with van der Waals surface area (Å²) in [6, 6.07) is 0.0178. The van der Waals surface area contributed by atoms with Crippen molar-refractivity contribution in [1.82, 2.24) is 20.2 Å². The maximum atomic E-state index is 12.6. The maximum Gasteiger partial charge on any atom is 0.244 e. The third-order valence-corrected chi connectivity index (χ3v) is 5.43. The Morgan fingerprint density at radius 1 is 1.45 bits per heavy atom. The molecule has 1 aliphatic carbocycles. The van der Waals surface area contributed by atoms with E-state index in [0.717, 1.165) is 12.8 Å². The first-order valence-corrected chi connectivity index (χ1v) is 8.67. The topological polar surface area (TPSA) is 86.9 Å². The summed E-state index contributed by atoms with van der Waals surface area (Å²) in [4.78, 5) is 0.293. The molecular formula is C13H24N4O2S. The predicted octanol–water partition coefficient (Wildman–Crippen LogP) is 1.29. The number of hydrogen-bond donors (Lipinski definition) is 3. The highest BCUT2D eigenvalue weighted by Crippen LogP contribution is 2.34. The molecule has 3 N–H and O–H groups in total. The average molecular weight is 300 g/mol. The van der Waals surface area contributed by atoms with Gasteiger partial charge in [0.15, 0.2) is 0 Å². The lowest BCUT2D eigenvalue weighted by Gasteiger charge is -2.17. The van der Waals surface area contributed by atoms with Gasteiger partial charge in [0.05, 0.1) is 11.4 Å². The first-order valence-electron chi connectivity index (χ1n) is 7.18. The van der Waals surface area contributed by atoms with Gasteiger partial charge in [0.2, 0.25) is 10.0 Å². The Labute approximate surface area is 120 Å². The molecule has 0 spiro atoms. The SMILES string of the molecule is CCC(CC1CC1)NS(=O)(=O)c1c(CNC)n[nH]c1C. The van der Waals surface area contributed by atoms with Crippen LogP contribution in [0.15, 0.2) is 4.90 Å². The Bertz CT molecular complexity index is 549. The normalized spacial score (nSPS) is 17.4. The maximum absolute atomic E-state index is 12.6. The second-order valence-electron chi connectivity index (χ2n) is 5.56. The number of sulfonamides is 1. The number of aryl methyl sites for hydroxylation is 1. The number of H-pyrrole nitrogens is 1. The molecule has 2 rings (SSSR count). The number of hydrogen-bond acceptors (Lipinski definition) is 4. The Morgan fingerprint density at radius 3 is 2.70 bits per heavy atom. The second-order valence-corrected chi connectivity index (χ2v) is 7.21. The van der Waals surface area contributed by atoms with Gasteiger partial charge in [-0.3, -0.25) is 5.10 Å². The summed E-state index contributed by atoms with van der Waals surface area (Å²) in [7, 11) is -1.74. The van der Waals surface area contributed by atoms with Crippen LogP contribution in [-0.4, -0.2) is 31.7 Å². The second kappa shape index (κ2) is 6.24. The quantitative estimate of drug-likeness (QED) is 0.675. The van der Waals surface area contributed by atoms with E-state index in [2.05, 4.69) is 20.2 Å². The summed E-state index contributed by atoms with van der Waals surface area (Å²) in [6.07, 6.45) is 4.21. The van der Waals surface area contributed by atoms with E-state index in [4.69, 9.17) is 0 Å². The molecule has 0 bridgehead atoms. The van der Waals surface area contributed by atoms with Gasteiger partial charge in [-0.25, -0.2) is 13.1 Å². The van der Waals surface area contributed by atoms with Crippen molar-refractivity contribution >= 4 is 10.0 Å². The molecule has 20 heavy (non-hydrogen) atoms. The van der Waals surface area contributed by atoms with E-state index in [0.29, 0.717) is 28.7 Å². The van der Waals surface area contributed by atoms with E-state index >= 15 is 0 Å². The number of nitrogens with one attached hydrogen (secondary N) is 3. The van der Waals surface area contributed by atoms with Crippen molar-refractivity contribution in [3.8, 4) is 0 Å². The third-order valence-electron chi connectivity index (χ3n) is 3.70. The van der Waals surface area contributed by atoms with E-state index in [1.54, 1.807) is 14.0 Å². The summed E-state index contributed by atoms with van der Waals surface area (Å²) in [5.41, 5.74) is 1.13. The molecule has 1 heterocycles. The van der Waals surface area contributed by atoms with Crippen LogP contribution in [0.5, 0.6) is 0 Å². The minimum Gasteiger partial charge on any atom is -0.314 e. The number of aromatic amines is 1. The van der Waals surface area contributed by atoms with Gasteiger partial charge in [0, 0.05) is 12.6 Å². The van der Waals surface area contributed by atoms with Crippen LogP contribution in [0.1, 0.15) is 44.0 Å². The molecule has 114 valence electrons. The van der Waals surface area contributed by atoms with Crippen LogP contribution in [0.25, 0.3) is 0 Å². The van der Waals surface area contributed by atoms with Gasteiger partial charge in [-0.2, -0.15) is 5.10 Å². The van der Waals surface area contributed by atoms with E-state index in [1.807, 2.05) is 6.92 Å². The molecule has 0 amide bonds. The Balaban J connectivity index is 2.17. The standard InChI is InChI=1S/C13H24N4O2S/c1-4-11(7-10-5-6-10)17-20(18,19)13-9(2)15-16-12(13)8-14-3/h10-11,14,17H,4-8H2,1-3H3,(H,15,16). The van der Waals surface area contributed by atoms with Crippen molar-refractivity contribution in [1.29, 1.82) is 0 Å². The first-order chi connectivity index (χ1) is 9.47. The van der Waals surface area contributed by atoms with E-state index in [9.17, 15) is 8.42 Å². The fourth-order valence-electron chi connectivity index (χ4n) is 2.45. The Kier molecular flexibility index (Phi) is 4.82. The zero-order valence-electron chi connectivity index (χ0n) is 12.4. The largest absolute Gasteiger partial charge is 0.314 e. The molecule has 6 nitrogen and oxygen atoms in total. The highest BCUT2D eigenvalue weighted by Gasteiger charge is 2.30. The van der Waals surface area contributed by atoms with E-state index in [-0.39, 0.29) is 6.04 Å². The molecular weight excluding hydrogens is 276 g/mol. The van der Waals surface area contributed by atoms with Gasteiger partial charge in [-0.15, -0.1) is 0 Å². The third kappa shape index (κ3) is 3.59. The molecule has 1 unspecified atom stereocenters. The van der Waals surface area contributed by atoms with Crippen LogP contribution in [0.4, 0.5) is 0 Å². The molecule has 0 aromatic carbocycles. The zero-order valence-corrected chi connectivity index (χ0v) is 13.2. The van der Waals surface area contributed by atoms with Crippen molar-refractivity contribution < 1.29 is 8.42 Å². The molecule has 0 radical (unpaired) electrons. The van der Waals surface area contributed by atoms with Gasteiger partial charge in [-0.05, 0) is 32.7 Å². The van der Waals surface area contributed by atoms with Crippen LogP contribution in [0, 0.1) is 12.8 Å². The lowest BCUT2D eigenvalue weighted by molar-refractivity contribution is 0.494. The lowest BCUT2D eigenvalue weighted by Crippen LogP contribution is -2.35. The summed E-state index contributed by atoms with van der Waals surface area (Å²) in [6.45, 7) is 4.19. The van der Waals surface area contributed by atoms with Gasteiger partial charge < -0.3 is 5.32 Å². The molecule has 1 aliphatic rings. The lowest BCUT2D eigenvalue weighted by atomic mass is 10.1. The van der Waals surface area contributed by atoms with Crippen LogP contribution >= 0.6 is 0 Å². The molecule has 1 saturated carbocycles.